The number of carbonyl (C=O) groups excluding carboxylic acids is 1. The summed E-state index contributed by atoms with van der Waals surface area (Å²) >= 11 is 1.17. The van der Waals surface area contributed by atoms with Crippen LogP contribution in [0.25, 0.3) is 0 Å². The molecule has 20 heavy (non-hydrogen) atoms. The molecule has 1 amide bonds. The Kier molecular flexibility index (Phi) is 4.46. The van der Waals surface area contributed by atoms with Crippen molar-refractivity contribution >= 4 is 33.2 Å². The highest BCUT2D eigenvalue weighted by Gasteiger charge is 2.16. The van der Waals surface area contributed by atoms with E-state index in [0.29, 0.717) is 0 Å². The van der Waals surface area contributed by atoms with Gasteiger partial charge in [0.05, 0.1) is 10.6 Å². The molecule has 0 saturated heterocycles. The van der Waals surface area contributed by atoms with Gasteiger partial charge in [-0.25, -0.2) is 13.4 Å². The molecule has 2 rings (SSSR count). The van der Waals surface area contributed by atoms with Gasteiger partial charge in [-0.3, -0.25) is 10.1 Å². The Balaban J connectivity index is 1.93. The molecule has 0 saturated carbocycles. The van der Waals surface area contributed by atoms with E-state index in [9.17, 15) is 13.2 Å². The Bertz CT molecular complexity index is 696. The maximum Gasteiger partial charge on any atom is 0.241 e. The Labute approximate surface area is 121 Å². The smallest absolute Gasteiger partial charge is 0.241 e. The van der Waals surface area contributed by atoms with E-state index in [0.717, 1.165) is 5.01 Å². The topological polar surface area (TPSA) is 89.0 Å². The lowest BCUT2D eigenvalue weighted by Gasteiger charge is -2.04. The van der Waals surface area contributed by atoms with Gasteiger partial charge in [0.1, 0.15) is 5.01 Å². The summed E-state index contributed by atoms with van der Waals surface area (Å²) < 4.78 is 27.9. The SMILES string of the molecule is Cc1nc(NC(=O)CCS(=O)(=O)c2ccccc2)ns1. The minimum atomic E-state index is -3.44. The zero-order valence-corrected chi connectivity index (χ0v) is 12.4. The molecular formula is C12H13N3O3S2. The van der Waals surface area contributed by atoms with Crippen molar-refractivity contribution in [2.75, 3.05) is 11.1 Å². The number of amides is 1. The number of nitrogens with one attached hydrogen (secondary N) is 1. The molecule has 1 N–H and O–H groups in total. The first-order valence-corrected chi connectivity index (χ1v) is 8.28. The molecule has 0 aliphatic heterocycles. The van der Waals surface area contributed by atoms with Crippen molar-refractivity contribution in [3.63, 3.8) is 0 Å². The molecule has 8 heteroatoms. The van der Waals surface area contributed by atoms with Crippen molar-refractivity contribution in [2.45, 2.75) is 18.2 Å². The lowest BCUT2D eigenvalue weighted by molar-refractivity contribution is -0.115. The van der Waals surface area contributed by atoms with Crippen molar-refractivity contribution in [1.82, 2.24) is 9.36 Å². The van der Waals surface area contributed by atoms with Crippen LogP contribution < -0.4 is 5.32 Å². The number of hydrogen-bond donors (Lipinski definition) is 1. The summed E-state index contributed by atoms with van der Waals surface area (Å²) in [4.78, 5) is 15.8. The summed E-state index contributed by atoms with van der Waals surface area (Å²) in [6, 6.07) is 8.06. The van der Waals surface area contributed by atoms with Gasteiger partial charge in [0.25, 0.3) is 0 Å². The molecule has 1 aromatic carbocycles. The Morgan fingerprint density at radius 3 is 2.60 bits per heavy atom. The first-order valence-electron chi connectivity index (χ1n) is 5.85. The van der Waals surface area contributed by atoms with Crippen molar-refractivity contribution in [2.24, 2.45) is 0 Å². The summed E-state index contributed by atoms with van der Waals surface area (Å²) in [6.07, 6.45) is -0.129. The standard InChI is InChI=1S/C12H13N3O3S2/c1-9-13-12(15-19-9)14-11(16)7-8-20(17,18)10-5-3-2-4-6-10/h2-6H,7-8H2,1H3,(H,14,15,16). The summed E-state index contributed by atoms with van der Waals surface area (Å²) in [5.41, 5.74) is 0. The van der Waals surface area contributed by atoms with Crippen LogP contribution in [0.4, 0.5) is 5.95 Å². The molecule has 0 bridgehead atoms. The summed E-state index contributed by atoms with van der Waals surface area (Å²) in [5, 5.41) is 3.21. The van der Waals surface area contributed by atoms with E-state index < -0.39 is 15.7 Å². The minimum absolute atomic E-state index is 0.129. The third-order valence-corrected chi connectivity index (χ3v) is 4.83. The van der Waals surface area contributed by atoms with Gasteiger partial charge >= 0.3 is 0 Å². The number of rotatable bonds is 5. The highest BCUT2D eigenvalue weighted by Crippen LogP contribution is 2.12. The number of aryl methyl sites for hydroxylation is 1. The predicted molar refractivity (Wildman–Crippen MR) is 76.4 cm³/mol. The molecule has 1 heterocycles. The van der Waals surface area contributed by atoms with E-state index in [4.69, 9.17) is 0 Å². The maximum absolute atomic E-state index is 12.0. The normalized spacial score (nSPS) is 11.2. The van der Waals surface area contributed by atoms with Gasteiger partial charge in [0.2, 0.25) is 11.9 Å². The molecule has 0 spiro atoms. The fraction of sp³-hybridized carbons (Fsp3) is 0.250. The number of benzene rings is 1. The fourth-order valence-electron chi connectivity index (χ4n) is 1.51. The van der Waals surface area contributed by atoms with Crippen molar-refractivity contribution in [3.8, 4) is 0 Å². The zero-order chi connectivity index (χ0) is 14.6. The second-order valence-corrected chi connectivity index (χ2v) is 7.13. The first kappa shape index (κ1) is 14.6. The largest absolute Gasteiger partial charge is 0.294 e. The lowest BCUT2D eigenvalue weighted by atomic mass is 10.4. The van der Waals surface area contributed by atoms with E-state index in [1.54, 1.807) is 25.1 Å². The summed E-state index contributed by atoms with van der Waals surface area (Å²) in [7, 11) is -3.44. The van der Waals surface area contributed by atoms with Crippen molar-refractivity contribution in [1.29, 1.82) is 0 Å². The monoisotopic (exact) mass is 311 g/mol. The van der Waals surface area contributed by atoms with E-state index >= 15 is 0 Å². The molecule has 0 atom stereocenters. The molecule has 0 fully saturated rings. The number of hydrogen-bond acceptors (Lipinski definition) is 6. The highest BCUT2D eigenvalue weighted by atomic mass is 32.2. The number of carbonyl (C=O) groups is 1. The van der Waals surface area contributed by atoms with Crippen molar-refractivity contribution < 1.29 is 13.2 Å². The van der Waals surface area contributed by atoms with Gasteiger partial charge in [-0.1, -0.05) is 18.2 Å². The van der Waals surface area contributed by atoms with Gasteiger partial charge in [-0.2, -0.15) is 4.37 Å². The average molecular weight is 311 g/mol. The first-order chi connectivity index (χ1) is 9.47. The lowest BCUT2D eigenvalue weighted by Crippen LogP contribution is -2.18. The van der Waals surface area contributed by atoms with Crippen LogP contribution in [0.3, 0.4) is 0 Å². The molecule has 0 radical (unpaired) electrons. The number of aromatic nitrogens is 2. The molecular weight excluding hydrogens is 298 g/mol. The van der Waals surface area contributed by atoms with Gasteiger partial charge in [-0.15, -0.1) is 0 Å². The minimum Gasteiger partial charge on any atom is -0.294 e. The van der Waals surface area contributed by atoms with Crippen LogP contribution in [0.15, 0.2) is 35.2 Å². The quantitative estimate of drug-likeness (QED) is 0.907. The third kappa shape index (κ3) is 3.84. The molecule has 106 valence electrons. The molecule has 1 aromatic heterocycles. The molecule has 6 nitrogen and oxygen atoms in total. The zero-order valence-electron chi connectivity index (χ0n) is 10.7. The fourth-order valence-corrected chi connectivity index (χ4v) is 3.20. The van der Waals surface area contributed by atoms with Crippen LogP contribution in [0.1, 0.15) is 11.4 Å². The average Bonchev–Trinajstić information content (AvgIpc) is 2.83. The Morgan fingerprint density at radius 1 is 1.30 bits per heavy atom. The molecule has 0 unspecified atom stereocenters. The second kappa shape index (κ2) is 6.10. The van der Waals surface area contributed by atoms with Gasteiger partial charge < -0.3 is 0 Å². The van der Waals surface area contributed by atoms with E-state index in [2.05, 4.69) is 14.7 Å². The summed E-state index contributed by atoms with van der Waals surface area (Å²) in [6.45, 7) is 1.77. The van der Waals surface area contributed by atoms with Gasteiger partial charge in [-0.05, 0) is 30.6 Å². The molecule has 0 aliphatic carbocycles. The van der Waals surface area contributed by atoms with E-state index in [1.165, 1.54) is 23.7 Å². The maximum atomic E-state index is 12.0. The van der Waals surface area contributed by atoms with Gasteiger partial charge in [0, 0.05) is 6.42 Å². The number of anilines is 1. The molecule has 0 aliphatic rings. The number of nitrogens with zero attached hydrogens (tertiary/aromatic N) is 2. The second-order valence-electron chi connectivity index (χ2n) is 4.07. The number of sulfone groups is 1. The predicted octanol–water partition coefficient (Wildman–Crippen LogP) is 1.65. The Hall–Kier alpha value is -1.80. The van der Waals surface area contributed by atoms with Crippen LogP contribution in [-0.2, 0) is 14.6 Å². The Morgan fingerprint density at radius 2 is 2.00 bits per heavy atom. The third-order valence-electron chi connectivity index (χ3n) is 2.48. The van der Waals surface area contributed by atoms with Crippen LogP contribution in [0.5, 0.6) is 0 Å². The van der Waals surface area contributed by atoms with Crippen molar-refractivity contribution in [3.05, 3.63) is 35.3 Å². The van der Waals surface area contributed by atoms with E-state index in [-0.39, 0.29) is 23.0 Å². The van der Waals surface area contributed by atoms with Crippen LogP contribution >= 0.6 is 11.5 Å². The molecule has 2 aromatic rings. The summed E-state index contributed by atoms with van der Waals surface area (Å²) in [5.74, 6) is -0.441. The van der Waals surface area contributed by atoms with Gasteiger partial charge in [0.15, 0.2) is 9.84 Å². The van der Waals surface area contributed by atoms with Crippen LogP contribution in [-0.4, -0.2) is 29.4 Å². The highest BCUT2D eigenvalue weighted by molar-refractivity contribution is 7.91. The van der Waals surface area contributed by atoms with E-state index in [1.807, 2.05) is 0 Å². The van der Waals surface area contributed by atoms with Crippen LogP contribution in [0, 0.1) is 6.92 Å². The van der Waals surface area contributed by atoms with Crippen LogP contribution in [0.2, 0.25) is 0 Å².